The molecular formula is C29H45B2NO4S2. The average Bonchev–Trinajstić information content (AvgIpc) is 3.56. The quantitative estimate of drug-likeness (QED) is 0.257. The van der Waals surface area contributed by atoms with Gasteiger partial charge in [0.15, 0.2) is 0 Å². The van der Waals surface area contributed by atoms with Gasteiger partial charge in [-0.3, -0.25) is 0 Å². The maximum absolute atomic E-state index is 6.47. The Hall–Kier alpha value is -0.830. The predicted molar refractivity (Wildman–Crippen MR) is 165 cm³/mol. The number of hydrogen-bond acceptors (Lipinski definition) is 6. The average molecular weight is 557 g/mol. The number of hydrogen-bond donors (Lipinski definition) is 0. The summed E-state index contributed by atoms with van der Waals surface area (Å²) in [5, 5.41) is 0. The number of rotatable bonds is 9. The minimum atomic E-state index is -0.353. The molecule has 0 aromatic carbocycles. The van der Waals surface area contributed by atoms with Crippen LogP contribution in [-0.4, -0.2) is 41.2 Å². The second kappa shape index (κ2) is 9.92. The van der Waals surface area contributed by atoms with Gasteiger partial charge in [0.25, 0.3) is 0 Å². The summed E-state index contributed by atoms with van der Waals surface area (Å²) in [6.07, 6.45) is 7.27. The highest BCUT2D eigenvalue weighted by Crippen LogP contribution is 2.43. The van der Waals surface area contributed by atoms with E-state index in [4.69, 9.17) is 18.6 Å². The van der Waals surface area contributed by atoms with E-state index in [-0.39, 0.29) is 36.6 Å². The van der Waals surface area contributed by atoms with Crippen LogP contribution < -0.4 is 9.55 Å². The normalized spacial score (nSPS) is 22.1. The van der Waals surface area contributed by atoms with Crippen LogP contribution in [0.1, 0.15) is 114 Å². The van der Waals surface area contributed by atoms with Gasteiger partial charge in [0, 0.05) is 15.6 Å². The van der Waals surface area contributed by atoms with Crippen molar-refractivity contribution < 1.29 is 18.6 Å². The van der Waals surface area contributed by atoms with Crippen LogP contribution in [0, 0.1) is 0 Å². The van der Waals surface area contributed by atoms with E-state index in [1.54, 1.807) is 0 Å². The van der Waals surface area contributed by atoms with E-state index >= 15 is 0 Å². The largest absolute Gasteiger partial charge is 0.505 e. The first kappa shape index (κ1) is 28.7. The third-order valence-corrected chi connectivity index (χ3v) is 11.8. The van der Waals surface area contributed by atoms with Crippen LogP contribution in [0.5, 0.6) is 0 Å². The van der Waals surface area contributed by atoms with Crippen LogP contribution in [0.2, 0.25) is 0 Å². The molecule has 2 aliphatic rings. The standard InChI is InChI=1S/C29H45B2NO4S2/c1-11-13-15-19(16-14-12-2)32-20-17-22(30-33-26(3,4)27(5,6)34-30)37-24(20)25-21(32)18-23(38-25)31-35-28(7,8)29(9,10)36-31/h17-19H,11-16H2,1-10H3. The molecule has 0 aliphatic carbocycles. The van der Waals surface area contributed by atoms with Crippen molar-refractivity contribution in [2.45, 2.75) is 136 Å². The van der Waals surface area contributed by atoms with Gasteiger partial charge in [0.05, 0.1) is 42.8 Å². The molecule has 3 aromatic rings. The first-order valence-corrected chi connectivity index (χ1v) is 16.1. The predicted octanol–water partition coefficient (Wildman–Crippen LogP) is 7.44. The van der Waals surface area contributed by atoms with E-state index in [9.17, 15) is 0 Å². The smallest absolute Gasteiger partial charge is 0.399 e. The van der Waals surface area contributed by atoms with Crippen molar-refractivity contribution in [2.75, 3.05) is 0 Å². The molecule has 0 unspecified atom stereocenters. The summed E-state index contributed by atoms with van der Waals surface area (Å²) in [5.74, 6) is 0. The maximum Gasteiger partial charge on any atom is 0.505 e. The van der Waals surface area contributed by atoms with Gasteiger partial charge >= 0.3 is 14.2 Å². The summed E-state index contributed by atoms with van der Waals surface area (Å²) in [5.41, 5.74) is 1.23. The third kappa shape index (κ3) is 4.73. The monoisotopic (exact) mass is 557 g/mol. The van der Waals surface area contributed by atoms with Gasteiger partial charge in [0.2, 0.25) is 0 Å². The molecule has 3 aromatic heterocycles. The Morgan fingerprint density at radius 2 is 1.00 bits per heavy atom. The van der Waals surface area contributed by atoms with Gasteiger partial charge in [-0.25, -0.2) is 0 Å². The molecule has 0 amide bonds. The van der Waals surface area contributed by atoms with E-state index in [2.05, 4.69) is 85.9 Å². The van der Waals surface area contributed by atoms with Crippen LogP contribution in [0.3, 0.4) is 0 Å². The zero-order valence-corrected chi connectivity index (χ0v) is 26.7. The Bertz CT molecular complexity index is 1180. The summed E-state index contributed by atoms with van der Waals surface area (Å²) in [6, 6.07) is 5.15. The van der Waals surface area contributed by atoms with Crippen molar-refractivity contribution in [1.82, 2.24) is 4.57 Å². The van der Waals surface area contributed by atoms with Crippen LogP contribution in [0.25, 0.3) is 20.4 Å². The number of fused-ring (bicyclic) bond motifs is 3. The number of unbranched alkanes of at least 4 members (excludes halogenated alkanes) is 2. The fraction of sp³-hybridized carbons (Fsp3) is 0.724. The van der Waals surface area contributed by atoms with Crippen molar-refractivity contribution >= 4 is 66.9 Å². The minimum absolute atomic E-state index is 0.340. The van der Waals surface area contributed by atoms with Crippen LogP contribution >= 0.6 is 22.7 Å². The molecule has 0 radical (unpaired) electrons. The minimum Gasteiger partial charge on any atom is -0.399 e. The summed E-state index contributed by atoms with van der Waals surface area (Å²) in [6.45, 7) is 21.6. The molecule has 5 heterocycles. The molecular weight excluding hydrogens is 512 g/mol. The highest BCUT2D eigenvalue weighted by atomic mass is 32.1. The Morgan fingerprint density at radius 3 is 1.32 bits per heavy atom. The lowest BCUT2D eigenvalue weighted by molar-refractivity contribution is 0.00578. The fourth-order valence-corrected chi connectivity index (χ4v) is 7.80. The van der Waals surface area contributed by atoms with Gasteiger partial charge in [0.1, 0.15) is 0 Å². The highest BCUT2D eigenvalue weighted by molar-refractivity contribution is 7.35. The van der Waals surface area contributed by atoms with Crippen LogP contribution in [-0.2, 0) is 18.6 Å². The summed E-state index contributed by atoms with van der Waals surface area (Å²) in [4.78, 5) is 0. The third-order valence-electron chi connectivity index (χ3n) is 9.31. The van der Waals surface area contributed by atoms with E-state index < -0.39 is 0 Å². The lowest BCUT2D eigenvalue weighted by Gasteiger charge is -2.32. The zero-order chi connectivity index (χ0) is 27.7. The highest BCUT2D eigenvalue weighted by Gasteiger charge is 2.53. The summed E-state index contributed by atoms with van der Waals surface area (Å²) in [7, 11) is -0.679. The number of aromatic nitrogens is 1. The van der Waals surface area contributed by atoms with Crippen molar-refractivity contribution in [1.29, 1.82) is 0 Å². The van der Waals surface area contributed by atoms with Crippen molar-refractivity contribution in [3.63, 3.8) is 0 Å². The molecule has 0 N–H and O–H groups in total. The molecule has 2 saturated heterocycles. The molecule has 5 rings (SSSR count). The fourth-order valence-electron chi connectivity index (χ4n) is 5.44. The van der Waals surface area contributed by atoms with E-state index in [0.29, 0.717) is 6.04 Å². The summed E-state index contributed by atoms with van der Waals surface area (Å²) < 4.78 is 33.5. The molecule has 5 nitrogen and oxygen atoms in total. The van der Waals surface area contributed by atoms with Gasteiger partial charge in [-0.1, -0.05) is 39.5 Å². The second-order valence-electron chi connectivity index (χ2n) is 13.2. The van der Waals surface area contributed by atoms with Gasteiger partial charge < -0.3 is 23.2 Å². The van der Waals surface area contributed by atoms with E-state index in [1.807, 2.05) is 22.7 Å². The lowest BCUT2D eigenvalue weighted by atomic mass is 9.88. The Labute approximate surface area is 237 Å². The molecule has 9 heteroatoms. The Kier molecular flexibility index (Phi) is 7.49. The van der Waals surface area contributed by atoms with Crippen LogP contribution in [0.4, 0.5) is 0 Å². The van der Waals surface area contributed by atoms with Crippen LogP contribution in [0.15, 0.2) is 12.1 Å². The van der Waals surface area contributed by atoms with Gasteiger partial charge in [-0.15, -0.1) is 22.7 Å². The number of nitrogens with zero attached hydrogens (tertiary/aromatic N) is 1. The molecule has 0 atom stereocenters. The van der Waals surface area contributed by atoms with Crippen molar-refractivity contribution in [3.05, 3.63) is 12.1 Å². The van der Waals surface area contributed by atoms with Gasteiger partial charge in [-0.2, -0.15) is 0 Å². The zero-order valence-electron chi connectivity index (χ0n) is 25.0. The molecule has 0 bridgehead atoms. The molecule has 2 fully saturated rings. The van der Waals surface area contributed by atoms with Gasteiger partial charge in [-0.05, 0) is 80.4 Å². The molecule has 38 heavy (non-hydrogen) atoms. The Balaban J connectivity index is 1.62. The topological polar surface area (TPSA) is 41.9 Å². The number of thiophene rings is 2. The molecule has 0 saturated carbocycles. The van der Waals surface area contributed by atoms with E-state index in [1.165, 1.54) is 59.0 Å². The second-order valence-corrected chi connectivity index (χ2v) is 15.4. The maximum atomic E-state index is 6.47. The van der Waals surface area contributed by atoms with Crippen molar-refractivity contribution in [2.24, 2.45) is 0 Å². The molecule has 208 valence electrons. The first-order valence-electron chi connectivity index (χ1n) is 14.5. The Morgan fingerprint density at radius 1 is 0.658 bits per heavy atom. The molecule has 2 aliphatic heterocycles. The lowest BCUT2D eigenvalue weighted by Crippen LogP contribution is -2.41. The summed E-state index contributed by atoms with van der Waals surface area (Å²) >= 11 is 3.65. The molecule has 0 spiro atoms. The van der Waals surface area contributed by atoms with E-state index in [0.717, 1.165) is 9.55 Å². The first-order chi connectivity index (χ1) is 17.7. The van der Waals surface area contributed by atoms with Crippen molar-refractivity contribution in [3.8, 4) is 0 Å². The SMILES string of the molecule is CCCCC(CCCC)n1c2cc(B3OC(C)(C)C(C)(C)O3)sc2c2sc(B3OC(C)(C)C(C)(C)O3)cc21.